The molecule has 19 heavy (non-hydrogen) atoms. The maximum atomic E-state index is 12.1. The molecule has 0 bridgehead atoms. The number of hydrogen-bond donors (Lipinski definition) is 2. The molecule has 0 aliphatic carbocycles. The molecule has 1 atom stereocenters. The second-order valence-electron chi connectivity index (χ2n) is 5.92. The average Bonchev–Trinajstić information content (AvgIpc) is 2.33. The van der Waals surface area contributed by atoms with Gasteiger partial charge in [-0.15, -0.1) is 0 Å². The zero-order valence-corrected chi connectivity index (χ0v) is 11.9. The van der Waals surface area contributed by atoms with Gasteiger partial charge in [0.15, 0.2) is 0 Å². The summed E-state index contributed by atoms with van der Waals surface area (Å²) in [4.78, 5) is 24.2. The van der Waals surface area contributed by atoms with Crippen LogP contribution in [0.2, 0.25) is 0 Å². The summed E-state index contributed by atoms with van der Waals surface area (Å²) in [6.07, 6.45) is 2.05. The number of amides is 2. The fourth-order valence-corrected chi connectivity index (χ4v) is 2.04. The van der Waals surface area contributed by atoms with Crippen LogP contribution in [0.25, 0.3) is 0 Å². The Morgan fingerprint density at radius 2 is 2.11 bits per heavy atom. The molecule has 0 aromatic rings. The third-order valence-electron chi connectivity index (χ3n) is 3.14. The Bertz CT molecular complexity index is 319. The summed E-state index contributed by atoms with van der Waals surface area (Å²) in [5, 5.41) is 11.7. The Morgan fingerprint density at radius 3 is 2.58 bits per heavy atom. The number of urea groups is 1. The van der Waals surface area contributed by atoms with Crippen LogP contribution in [0.4, 0.5) is 4.79 Å². The minimum Gasteiger partial charge on any atom is -0.480 e. The van der Waals surface area contributed by atoms with Crippen LogP contribution in [0.5, 0.6) is 0 Å². The van der Waals surface area contributed by atoms with Crippen molar-refractivity contribution < 1.29 is 19.4 Å². The van der Waals surface area contributed by atoms with Gasteiger partial charge in [0, 0.05) is 18.7 Å². The second kappa shape index (κ2) is 6.75. The van der Waals surface area contributed by atoms with Crippen molar-refractivity contribution in [3.05, 3.63) is 0 Å². The van der Waals surface area contributed by atoms with E-state index in [1.807, 2.05) is 20.8 Å². The smallest absolute Gasteiger partial charge is 0.323 e. The monoisotopic (exact) mass is 272 g/mol. The second-order valence-corrected chi connectivity index (χ2v) is 5.92. The molecule has 6 heteroatoms. The van der Waals surface area contributed by atoms with Gasteiger partial charge in [-0.05, 0) is 39.5 Å². The molecule has 0 radical (unpaired) electrons. The fraction of sp³-hybridized carbons (Fsp3) is 0.846. The maximum Gasteiger partial charge on any atom is 0.323 e. The van der Waals surface area contributed by atoms with Gasteiger partial charge in [0.2, 0.25) is 0 Å². The first-order valence-electron chi connectivity index (χ1n) is 6.65. The van der Waals surface area contributed by atoms with Crippen molar-refractivity contribution in [2.45, 2.75) is 39.2 Å². The minimum absolute atomic E-state index is 0.295. The van der Waals surface area contributed by atoms with E-state index in [-0.39, 0.29) is 12.6 Å². The van der Waals surface area contributed by atoms with Crippen LogP contribution in [-0.4, -0.2) is 53.8 Å². The van der Waals surface area contributed by atoms with Gasteiger partial charge >= 0.3 is 12.0 Å². The molecule has 1 unspecified atom stereocenters. The summed E-state index contributed by atoms with van der Waals surface area (Å²) in [6.45, 7) is 7.14. The van der Waals surface area contributed by atoms with Gasteiger partial charge in [0.25, 0.3) is 0 Å². The molecule has 110 valence electrons. The number of nitrogens with one attached hydrogen (secondary N) is 1. The van der Waals surface area contributed by atoms with E-state index in [9.17, 15) is 9.59 Å². The molecule has 0 saturated carbocycles. The third kappa shape index (κ3) is 5.46. The molecule has 2 N–H and O–H groups in total. The molecule has 6 nitrogen and oxygen atoms in total. The summed E-state index contributed by atoms with van der Waals surface area (Å²) in [6, 6.07) is -0.333. The van der Waals surface area contributed by atoms with Crippen molar-refractivity contribution in [3.63, 3.8) is 0 Å². The van der Waals surface area contributed by atoms with Gasteiger partial charge in [-0.2, -0.15) is 0 Å². The highest BCUT2D eigenvalue weighted by molar-refractivity contribution is 5.80. The summed E-state index contributed by atoms with van der Waals surface area (Å²) in [5.74, 6) is -0.685. The predicted octanol–water partition coefficient (Wildman–Crippen LogP) is 1.31. The van der Waals surface area contributed by atoms with Crippen LogP contribution in [0.1, 0.15) is 33.6 Å². The third-order valence-corrected chi connectivity index (χ3v) is 3.14. The number of carboxylic acids is 1. The van der Waals surface area contributed by atoms with Crippen LogP contribution in [0, 0.1) is 5.92 Å². The first-order valence-corrected chi connectivity index (χ1v) is 6.65. The normalized spacial score (nSPS) is 19.8. The van der Waals surface area contributed by atoms with Crippen LogP contribution in [-0.2, 0) is 9.53 Å². The average molecular weight is 272 g/mol. The van der Waals surface area contributed by atoms with Crippen molar-refractivity contribution in [2.75, 3.05) is 26.3 Å². The SMILES string of the molecule is CC(C)(C)N(CC(=O)O)C(=O)NCC1CCCOC1. The van der Waals surface area contributed by atoms with Gasteiger partial charge in [-0.3, -0.25) is 4.79 Å². The Balaban J connectivity index is 2.49. The van der Waals surface area contributed by atoms with E-state index in [1.54, 1.807) is 0 Å². The molecular weight excluding hydrogens is 248 g/mol. The van der Waals surface area contributed by atoms with Gasteiger partial charge < -0.3 is 20.1 Å². The maximum absolute atomic E-state index is 12.1. The quantitative estimate of drug-likeness (QED) is 0.808. The lowest BCUT2D eigenvalue weighted by Gasteiger charge is -2.35. The largest absolute Gasteiger partial charge is 0.480 e. The van der Waals surface area contributed by atoms with Crippen molar-refractivity contribution in [2.24, 2.45) is 5.92 Å². The molecule has 1 fully saturated rings. The number of nitrogens with zero attached hydrogens (tertiary/aromatic N) is 1. The van der Waals surface area contributed by atoms with E-state index in [0.29, 0.717) is 19.1 Å². The summed E-state index contributed by atoms with van der Waals surface area (Å²) >= 11 is 0. The standard InChI is InChI=1S/C13H24N2O4/c1-13(2,3)15(8-11(16)17)12(18)14-7-10-5-4-6-19-9-10/h10H,4-9H2,1-3H3,(H,14,18)(H,16,17). The Morgan fingerprint density at radius 1 is 1.42 bits per heavy atom. The first kappa shape index (κ1) is 15.8. The zero-order chi connectivity index (χ0) is 14.5. The number of ether oxygens (including phenoxy) is 1. The summed E-state index contributed by atoms with van der Waals surface area (Å²) < 4.78 is 5.35. The highest BCUT2D eigenvalue weighted by Crippen LogP contribution is 2.15. The molecule has 1 rings (SSSR count). The lowest BCUT2D eigenvalue weighted by atomic mass is 10.0. The molecular formula is C13H24N2O4. The number of carbonyl (C=O) groups excluding carboxylic acids is 1. The van der Waals surface area contributed by atoms with E-state index in [2.05, 4.69) is 5.32 Å². The van der Waals surface area contributed by atoms with Crippen LogP contribution >= 0.6 is 0 Å². The molecule has 0 aromatic carbocycles. The highest BCUT2D eigenvalue weighted by Gasteiger charge is 2.28. The van der Waals surface area contributed by atoms with Gasteiger partial charge in [0.05, 0.1) is 6.61 Å². The van der Waals surface area contributed by atoms with E-state index >= 15 is 0 Å². The van der Waals surface area contributed by atoms with Gasteiger partial charge in [-0.25, -0.2) is 4.79 Å². The molecule has 1 aliphatic heterocycles. The van der Waals surface area contributed by atoms with Crippen LogP contribution in [0.15, 0.2) is 0 Å². The van der Waals surface area contributed by atoms with Crippen LogP contribution in [0.3, 0.4) is 0 Å². The molecule has 2 amide bonds. The number of aliphatic carboxylic acids is 1. The predicted molar refractivity (Wildman–Crippen MR) is 71.0 cm³/mol. The Hall–Kier alpha value is -1.30. The molecule has 1 heterocycles. The Kier molecular flexibility index (Phi) is 5.60. The van der Waals surface area contributed by atoms with E-state index in [4.69, 9.17) is 9.84 Å². The number of hydrogen-bond acceptors (Lipinski definition) is 3. The van der Waals surface area contributed by atoms with Crippen molar-refractivity contribution in [1.82, 2.24) is 10.2 Å². The topological polar surface area (TPSA) is 78.9 Å². The molecule has 0 spiro atoms. The minimum atomic E-state index is -1.01. The molecule has 0 aromatic heterocycles. The number of carbonyl (C=O) groups is 2. The Labute approximate surface area is 114 Å². The lowest BCUT2D eigenvalue weighted by molar-refractivity contribution is -0.138. The number of rotatable bonds is 4. The van der Waals surface area contributed by atoms with Crippen molar-refractivity contribution >= 4 is 12.0 Å². The van der Waals surface area contributed by atoms with Gasteiger partial charge in [0.1, 0.15) is 6.54 Å². The van der Waals surface area contributed by atoms with E-state index in [0.717, 1.165) is 19.4 Å². The molecule has 1 aliphatic rings. The first-order chi connectivity index (χ1) is 8.80. The van der Waals surface area contributed by atoms with E-state index < -0.39 is 11.5 Å². The van der Waals surface area contributed by atoms with Crippen LogP contribution < -0.4 is 5.32 Å². The van der Waals surface area contributed by atoms with E-state index in [1.165, 1.54) is 4.90 Å². The molecule has 1 saturated heterocycles. The van der Waals surface area contributed by atoms with Crippen molar-refractivity contribution in [3.8, 4) is 0 Å². The summed E-state index contributed by atoms with van der Waals surface area (Å²) in [5.41, 5.74) is -0.522. The number of carboxylic acid groups (broad SMARTS) is 1. The van der Waals surface area contributed by atoms with Gasteiger partial charge in [-0.1, -0.05) is 0 Å². The zero-order valence-electron chi connectivity index (χ0n) is 11.9. The highest BCUT2D eigenvalue weighted by atomic mass is 16.5. The summed E-state index contributed by atoms with van der Waals surface area (Å²) in [7, 11) is 0. The van der Waals surface area contributed by atoms with Crippen molar-refractivity contribution in [1.29, 1.82) is 0 Å². The lowest BCUT2D eigenvalue weighted by Crippen LogP contribution is -2.53. The fourth-order valence-electron chi connectivity index (χ4n) is 2.04.